The number of pyridine rings is 1. The molecule has 35 heavy (non-hydrogen) atoms. The van der Waals surface area contributed by atoms with E-state index in [0.29, 0.717) is 22.2 Å². The van der Waals surface area contributed by atoms with Crippen molar-refractivity contribution in [2.24, 2.45) is 0 Å². The zero-order chi connectivity index (χ0) is 24.9. The van der Waals surface area contributed by atoms with E-state index >= 15 is 8.78 Å². The molecule has 2 aliphatic heterocycles. The number of urea groups is 1. The van der Waals surface area contributed by atoms with E-state index in [9.17, 15) is 9.18 Å². The number of aromatic nitrogens is 3. The van der Waals surface area contributed by atoms with Crippen LogP contribution in [0.2, 0.25) is 5.02 Å². The van der Waals surface area contributed by atoms with Gasteiger partial charge in [-0.15, -0.1) is 0 Å². The number of alkyl halides is 2. The van der Waals surface area contributed by atoms with E-state index in [0.717, 1.165) is 24.1 Å². The minimum Gasteiger partial charge on any atom is -0.309 e. The number of allylic oxidation sites excluding steroid dienone is 2. The number of piperidine rings is 1. The van der Waals surface area contributed by atoms with Crippen molar-refractivity contribution in [1.82, 2.24) is 20.2 Å². The summed E-state index contributed by atoms with van der Waals surface area (Å²) in [4.78, 5) is 18.3. The second-order valence-corrected chi connectivity index (χ2v) is 8.69. The minimum atomic E-state index is -3.61. The largest absolute Gasteiger partial charge is 0.324 e. The Balaban J connectivity index is 1.43. The summed E-state index contributed by atoms with van der Waals surface area (Å²) in [6, 6.07) is 3.48. The average molecular weight is 503 g/mol. The maximum atomic E-state index is 15.2. The normalized spacial score (nSPS) is 23.6. The van der Waals surface area contributed by atoms with Crippen LogP contribution < -0.4 is 5.32 Å². The highest BCUT2D eigenvalue weighted by atomic mass is 35.5. The van der Waals surface area contributed by atoms with E-state index < -0.39 is 35.4 Å². The summed E-state index contributed by atoms with van der Waals surface area (Å²) in [5, 5.41) is 17.7. The van der Waals surface area contributed by atoms with Crippen molar-refractivity contribution in [3.8, 4) is 11.1 Å². The number of halogens is 4. The van der Waals surface area contributed by atoms with E-state index in [1.54, 1.807) is 18.2 Å². The molecule has 2 atom stereocenters. The summed E-state index contributed by atoms with van der Waals surface area (Å²) in [5.74, 6) is -4.57. The van der Waals surface area contributed by atoms with Crippen LogP contribution in [0.4, 0.5) is 23.8 Å². The van der Waals surface area contributed by atoms with Crippen LogP contribution in [0, 0.1) is 5.41 Å². The van der Waals surface area contributed by atoms with E-state index in [2.05, 4.69) is 20.6 Å². The molecular weight excluding hydrogens is 485 g/mol. The number of amides is 2. The maximum Gasteiger partial charge on any atom is 0.324 e. The van der Waals surface area contributed by atoms with E-state index in [1.165, 1.54) is 12.3 Å². The van der Waals surface area contributed by atoms with Gasteiger partial charge in [0, 0.05) is 24.0 Å². The van der Waals surface area contributed by atoms with Crippen LogP contribution in [0.15, 0.2) is 58.1 Å². The Kier molecular flexibility index (Phi) is 5.59. The van der Waals surface area contributed by atoms with Crippen molar-refractivity contribution in [1.29, 1.82) is 5.41 Å². The molecule has 2 bridgehead atoms. The van der Waals surface area contributed by atoms with Gasteiger partial charge in [0.25, 0.3) is 5.92 Å². The number of carbonyl (C=O) groups is 1. The van der Waals surface area contributed by atoms with E-state index in [1.807, 2.05) is 0 Å². The Labute approximate surface area is 201 Å². The van der Waals surface area contributed by atoms with E-state index in [4.69, 9.17) is 21.6 Å². The van der Waals surface area contributed by atoms with Gasteiger partial charge in [-0.3, -0.25) is 5.32 Å². The van der Waals surface area contributed by atoms with Gasteiger partial charge in [-0.05, 0) is 59.4 Å². The Morgan fingerprint density at radius 3 is 2.77 bits per heavy atom. The van der Waals surface area contributed by atoms with Crippen LogP contribution in [0.5, 0.6) is 0 Å². The molecule has 2 aliphatic rings. The predicted molar refractivity (Wildman–Crippen MR) is 123 cm³/mol. The smallest absolute Gasteiger partial charge is 0.309 e. The molecule has 2 amide bonds. The molecule has 0 saturated carbocycles. The molecule has 3 aromatic rings. The van der Waals surface area contributed by atoms with Crippen molar-refractivity contribution >= 4 is 40.7 Å². The van der Waals surface area contributed by atoms with Crippen molar-refractivity contribution < 1.29 is 22.6 Å². The number of nitrogens with one attached hydrogen (secondary N) is 2. The Bertz CT molecular complexity index is 1420. The van der Waals surface area contributed by atoms with Gasteiger partial charge in [0.15, 0.2) is 0 Å². The van der Waals surface area contributed by atoms with Gasteiger partial charge in [-0.25, -0.2) is 18.8 Å². The van der Waals surface area contributed by atoms with Crippen molar-refractivity contribution in [2.75, 3.05) is 5.32 Å². The molecule has 8 nitrogen and oxygen atoms in total. The molecule has 2 saturated heterocycles. The van der Waals surface area contributed by atoms with Crippen LogP contribution in [0.3, 0.4) is 0 Å². The number of carbonyl (C=O) groups excluding carboxylic acids is 1. The zero-order valence-electron chi connectivity index (χ0n) is 18.2. The second-order valence-electron chi connectivity index (χ2n) is 8.28. The summed E-state index contributed by atoms with van der Waals surface area (Å²) in [6.45, 7) is 0.959. The molecule has 0 aliphatic carbocycles. The molecule has 2 fully saturated rings. The maximum absolute atomic E-state index is 15.2. The van der Waals surface area contributed by atoms with Crippen LogP contribution in [0.25, 0.3) is 22.2 Å². The highest BCUT2D eigenvalue weighted by Crippen LogP contribution is 2.51. The van der Waals surface area contributed by atoms with Gasteiger partial charge in [0.05, 0.1) is 16.6 Å². The number of rotatable bonds is 3. The Morgan fingerprint density at radius 2 is 2.06 bits per heavy atom. The second kappa shape index (κ2) is 8.49. The number of nitrogens with zero attached hydrogens (tertiary/aromatic N) is 4. The molecule has 1 aromatic carbocycles. The summed E-state index contributed by atoms with van der Waals surface area (Å²) in [7, 11) is 0. The lowest BCUT2D eigenvalue weighted by Gasteiger charge is -2.42. The lowest BCUT2D eigenvalue weighted by atomic mass is 9.87. The summed E-state index contributed by atoms with van der Waals surface area (Å²) in [5.41, 5.74) is 1.54. The number of hydrogen-bond acceptors (Lipinski definition) is 6. The minimum absolute atomic E-state index is 0.0102. The monoisotopic (exact) mass is 502 g/mol. The number of hydrogen-bond donors (Lipinski definition) is 2. The van der Waals surface area contributed by atoms with Crippen molar-refractivity contribution in [3.05, 3.63) is 58.5 Å². The standard InChI is InChI=1S/C23H18ClF3N6O2/c1-11(25)21-13(6-7-28)18-4-5-19(23(21,26)27)33(18)22(34)30-20-9-15(24)14(10-29-20)12-2-3-16-17(8-12)32-35-31-16/h2-3,6-10,18-19,28H,4-5H2,1H3,(H,29,30,34)/b13-6-,21-11+,28-7?. The van der Waals surface area contributed by atoms with Crippen LogP contribution in [0.1, 0.15) is 19.8 Å². The lowest BCUT2D eigenvalue weighted by Crippen LogP contribution is -2.57. The first-order valence-corrected chi connectivity index (χ1v) is 11.0. The van der Waals surface area contributed by atoms with Crippen LogP contribution >= 0.6 is 11.6 Å². The molecule has 4 heterocycles. The fourth-order valence-corrected chi connectivity index (χ4v) is 5.09. The first-order valence-electron chi connectivity index (χ1n) is 10.7. The summed E-state index contributed by atoms with van der Waals surface area (Å²) in [6.07, 6.45) is 3.58. The number of fused-ring (bicyclic) bond motifs is 3. The highest BCUT2D eigenvalue weighted by Gasteiger charge is 2.60. The topological polar surface area (TPSA) is 108 Å². The quantitative estimate of drug-likeness (QED) is 0.442. The van der Waals surface area contributed by atoms with Gasteiger partial charge < -0.3 is 10.3 Å². The summed E-state index contributed by atoms with van der Waals surface area (Å²) >= 11 is 6.43. The number of anilines is 1. The van der Waals surface area contributed by atoms with E-state index in [-0.39, 0.29) is 29.3 Å². The fraction of sp³-hybridized carbons (Fsp3) is 0.261. The summed E-state index contributed by atoms with van der Waals surface area (Å²) < 4.78 is 49.3. The van der Waals surface area contributed by atoms with Gasteiger partial charge in [-0.2, -0.15) is 8.78 Å². The molecule has 0 spiro atoms. The first kappa shape index (κ1) is 23.0. The Morgan fingerprint density at radius 1 is 1.29 bits per heavy atom. The predicted octanol–water partition coefficient (Wildman–Crippen LogP) is 5.77. The average Bonchev–Trinajstić information content (AvgIpc) is 3.43. The molecule has 180 valence electrons. The third kappa shape index (κ3) is 3.75. The molecule has 2 aromatic heterocycles. The van der Waals surface area contributed by atoms with Gasteiger partial charge in [-0.1, -0.05) is 17.7 Å². The van der Waals surface area contributed by atoms with Gasteiger partial charge >= 0.3 is 6.03 Å². The fourth-order valence-electron chi connectivity index (χ4n) is 4.83. The zero-order valence-corrected chi connectivity index (χ0v) is 19.0. The van der Waals surface area contributed by atoms with Crippen molar-refractivity contribution in [2.45, 2.75) is 37.8 Å². The number of benzene rings is 1. The van der Waals surface area contributed by atoms with Crippen molar-refractivity contribution in [3.63, 3.8) is 0 Å². The SMILES string of the molecule is C/C(F)=C1/C(=C\C=N)C2CCC(N2C(=O)Nc2cc(Cl)c(-c3ccc4nonc4c3)cn2)C1(F)F. The lowest BCUT2D eigenvalue weighted by molar-refractivity contribution is -0.0390. The third-order valence-electron chi connectivity index (χ3n) is 6.28. The van der Waals surface area contributed by atoms with Gasteiger partial charge in [0.1, 0.15) is 28.7 Å². The third-order valence-corrected chi connectivity index (χ3v) is 6.59. The molecule has 2 N–H and O–H groups in total. The first-order chi connectivity index (χ1) is 16.7. The molecule has 0 radical (unpaired) electrons. The molecule has 5 rings (SSSR count). The molecule has 12 heteroatoms. The highest BCUT2D eigenvalue weighted by molar-refractivity contribution is 6.33. The van der Waals surface area contributed by atoms with Crippen LogP contribution in [-0.4, -0.2) is 50.4 Å². The van der Waals surface area contributed by atoms with Gasteiger partial charge in [0.2, 0.25) is 0 Å². The molecule has 2 unspecified atom stereocenters. The van der Waals surface area contributed by atoms with Crippen LogP contribution in [-0.2, 0) is 0 Å². The Hall–Kier alpha value is -3.73. The molecular formula is C23H18ClF3N6O2.